The van der Waals surface area contributed by atoms with E-state index in [0.717, 1.165) is 0 Å². The van der Waals surface area contributed by atoms with E-state index in [1.807, 2.05) is 0 Å². The van der Waals surface area contributed by atoms with Gasteiger partial charge in [-0.2, -0.15) is 0 Å². The summed E-state index contributed by atoms with van der Waals surface area (Å²) >= 11 is 1.80. The number of hydrogen-bond donors (Lipinski definition) is 0. The van der Waals surface area contributed by atoms with Gasteiger partial charge in [-0.3, -0.25) is 0 Å². The van der Waals surface area contributed by atoms with Gasteiger partial charge in [0.05, 0.1) is 0 Å². The van der Waals surface area contributed by atoms with E-state index < -0.39 is 0 Å². The minimum Gasteiger partial charge on any atom is -0.144 e. The first-order chi connectivity index (χ1) is 5.18. The van der Waals surface area contributed by atoms with Crippen LogP contribution in [0.4, 0.5) is 0 Å². The van der Waals surface area contributed by atoms with E-state index in [9.17, 15) is 0 Å². The summed E-state index contributed by atoms with van der Waals surface area (Å²) in [5.41, 5.74) is 1.36. The first kappa shape index (κ1) is 8.54. The van der Waals surface area contributed by atoms with Crippen LogP contribution >= 0.6 is 11.3 Å². The van der Waals surface area contributed by atoms with Gasteiger partial charge in [0, 0.05) is 4.88 Å². The topological polar surface area (TPSA) is 0 Å². The molecule has 1 aromatic rings. The third-order valence-corrected chi connectivity index (χ3v) is 2.41. The lowest BCUT2D eigenvalue weighted by molar-refractivity contribution is 0.836. The molecule has 1 heteroatoms. The fourth-order valence-corrected chi connectivity index (χ4v) is 1.63. The van der Waals surface area contributed by atoms with Crippen LogP contribution in [-0.4, -0.2) is 0 Å². The Morgan fingerprint density at radius 1 is 1.45 bits per heavy atom. The van der Waals surface area contributed by atoms with Gasteiger partial charge in [0.25, 0.3) is 0 Å². The highest BCUT2D eigenvalue weighted by Gasteiger charge is 1.90. The van der Waals surface area contributed by atoms with Crippen molar-refractivity contribution in [2.45, 2.75) is 20.8 Å². The summed E-state index contributed by atoms with van der Waals surface area (Å²) in [6.45, 7) is 6.51. The summed E-state index contributed by atoms with van der Waals surface area (Å²) < 4.78 is 0. The van der Waals surface area contributed by atoms with Crippen LogP contribution in [0, 0.1) is 12.8 Å². The van der Waals surface area contributed by atoms with Gasteiger partial charge in [-0.05, 0) is 35.9 Å². The molecule has 0 saturated carbocycles. The Labute approximate surface area is 72.6 Å². The second kappa shape index (κ2) is 3.72. The van der Waals surface area contributed by atoms with Crippen LogP contribution in [0.25, 0.3) is 6.08 Å². The zero-order valence-electron chi connectivity index (χ0n) is 7.29. The van der Waals surface area contributed by atoms with Crippen molar-refractivity contribution in [2.24, 2.45) is 5.92 Å². The SMILES string of the molecule is Cc1csc(/C=C/C(C)C)c1. The molecule has 0 aliphatic heterocycles. The monoisotopic (exact) mass is 166 g/mol. The second-order valence-electron chi connectivity index (χ2n) is 3.13. The molecule has 0 amide bonds. The average Bonchev–Trinajstić information content (AvgIpc) is 2.31. The van der Waals surface area contributed by atoms with Crippen LogP contribution < -0.4 is 0 Å². The molecule has 1 aromatic heterocycles. The molecule has 60 valence electrons. The molecule has 1 rings (SSSR count). The Morgan fingerprint density at radius 3 is 2.64 bits per heavy atom. The molecule has 0 nitrogen and oxygen atoms in total. The zero-order valence-corrected chi connectivity index (χ0v) is 8.11. The summed E-state index contributed by atoms with van der Waals surface area (Å²) in [6, 6.07) is 2.21. The summed E-state index contributed by atoms with van der Waals surface area (Å²) in [7, 11) is 0. The van der Waals surface area contributed by atoms with Gasteiger partial charge >= 0.3 is 0 Å². The number of hydrogen-bond acceptors (Lipinski definition) is 1. The quantitative estimate of drug-likeness (QED) is 0.628. The third-order valence-electron chi connectivity index (χ3n) is 1.40. The lowest BCUT2D eigenvalue weighted by atomic mass is 10.2. The van der Waals surface area contributed by atoms with Crippen LogP contribution in [0.2, 0.25) is 0 Å². The number of thiophene rings is 1. The molecule has 0 N–H and O–H groups in total. The molecule has 0 fully saturated rings. The van der Waals surface area contributed by atoms with Crippen LogP contribution in [0.5, 0.6) is 0 Å². The van der Waals surface area contributed by atoms with Gasteiger partial charge in [0.2, 0.25) is 0 Å². The molecule has 0 aliphatic rings. The van der Waals surface area contributed by atoms with E-state index in [0.29, 0.717) is 5.92 Å². The van der Waals surface area contributed by atoms with E-state index in [-0.39, 0.29) is 0 Å². The van der Waals surface area contributed by atoms with Crippen molar-refractivity contribution in [1.82, 2.24) is 0 Å². The van der Waals surface area contributed by atoms with Crippen molar-refractivity contribution in [1.29, 1.82) is 0 Å². The maximum absolute atomic E-state index is 2.23. The second-order valence-corrected chi connectivity index (χ2v) is 4.07. The molecule has 0 spiro atoms. The van der Waals surface area contributed by atoms with Crippen molar-refractivity contribution < 1.29 is 0 Å². The lowest BCUT2D eigenvalue weighted by Crippen LogP contribution is -1.74. The molecule has 0 radical (unpaired) electrons. The molecule has 0 aliphatic carbocycles. The van der Waals surface area contributed by atoms with E-state index >= 15 is 0 Å². The molecule has 1 heterocycles. The van der Waals surface area contributed by atoms with E-state index in [4.69, 9.17) is 0 Å². The molecule has 0 atom stereocenters. The molecule has 0 saturated heterocycles. The first-order valence-electron chi connectivity index (χ1n) is 3.92. The molecule has 11 heavy (non-hydrogen) atoms. The normalized spacial score (nSPS) is 11.6. The molecule has 0 aromatic carbocycles. The number of allylic oxidation sites excluding steroid dienone is 1. The summed E-state index contributed by atoms with van der Waals surface area (Å²) in [4.78, 5) is 1.36. The van der Waals surface area contributed by atoms with E-state index in [2.05, 4.69) is 44.4 Å². The molecular weight excluding hydrogens is 152 g/mol. The predicted molar refractivity (Wildman–Crippen MR) is 52.9 cm³/mol. The van der Waals surface area contributed by atoms with Gasteiger partial charge in [-0.1, -0.05) is 19.9 Å². The summed E-state index contributed by atoms with van der Waals surface area (Å²) in [5, 5.41) is 2.18. The Hall–Kier alpha value is -0.560. The minimum absolute atomic E-state index is 0.650. The first-order valence-corrected chi connectivity index (χ1v) is 4.80. The fourth-order valence-electron chi connectivity index (χ4n) is 0.828. The highest BCUT2D eigenvalue weighted by Crippen LogP contribution is 2.15. The maximum Gasteiger partial charge on any atom is 0.0269 e. The average molecular weight is 166 g/mol. The van der Waals surface area contributed by atoms with Crippen LogP contribution in [0.1, 0.15) is 24.3 Å². The molecular formula is C10H14S. The van der Waals surface area contributed by atoms with Crippen LogP contribution in [-0.2, 0) is 0 Å². The predicted octanol–water partition coefficient (Wildman–Crippen LogP) is 3.73. The van der Waals surface area contributed by atoms with Gasteiger partial charge in [-0.15, -0.1) is 11.3 Å². The lowest BCUT2D eigenvalue weighted by Gasteiger charge is -1.90. The van der Waals surface area contributed by atoms with Gasteiger partial charge in [-0.25, -0.2) is 0 Å². The maximum atomic E-state index is 2.23. The van der Waals surface area contributed by atoms with Crippen LogP contribution in [0.15, 0.2) is 17.5 Å². The van der Waals surface area contributed by atoms with Crippen molar-refractivity contribution in [2.75, 3.05) is 0 Å². The summed E-state index contributed by atoms with van der Waals surface area (Å²) in [5.74, 6) is 0.650. The van der Waals surface area contributed by atoms with Crippen LogP contribution in [0.3, 0.4) is 0 Å². The highest BCUT2D eigenvalue weighted by molar-refractivity contribution is 7.11. The molecule has 0 unspecified atom stereocenters. The highest BCUT2D eigenvalue weighted by atomic mass is 32.1. The number of rotatable bonds is 2. The van der Waals surface area contributed by atoms with Crippen molar-refractivity contribution >= 4 is 17.4 Å². The Balaban J connectivity index is 2.64. The van der Waals surface area contributed by atoms with Crippen molar-refractivity contribution in [3.05, 3.63) is 28.0 Å². The zero-order chi connectivity index (χ0) is 8.27. The third kappa shape index (κ3) is 2.89. The Bertz CT molecular complexity index is 243. The fraction of sp³-hybridized carbons (Fsp3) is 0.400. The Morgan fingerprint density at radius 2 is 2.18 bits per heavy atom. The summed E-state index contributed by atoms with van der Waals surface area (Å²) in [6.07, 6.45) is 4.42. The smallest absolute Gasteiger partial charge is 0.0269 e. The van der Waals surface area contributed by atoms with E-state index in [1.54, 1.807) is 11.3 Å². The number of aryl methyl sites for hydroxylation is 1. The van der Waals surface area contributed by atoms with Crippen molar-refractivity contribution in [3.63, 3.8) is 0 Å². The van der Waals surface area contributed by atoms with Gasteiger partial charge in [0.1, 0.15) is 0 Å². The standard InChI is InChI=1S/C10H14S/c1-8(2)4-5-10-6-9(3)7-11-10/h4-8H,1-3H3/b5-4+. The van der Waals surface area contributed by atoms with Gasteiger partial charge < -0.3 is 0 Å². The largest absolute Gasteiger partial charge is 0.144 e. The van der Waals surface area contributed by atoms with E-state index in [1.165, 1.54) is 10.4 Å². The van der Waals surface area contributed by atoms with Crippen molar-refractivity contribution in [3.8, 4) is 0 Å². The minimum atomic E-state index is 0.650. The Kier molecular flexibility index (Phi) is 2.89. The molecule has 0 bridgehead atoms. The van der Waals surface area contributed by atoms with Gasteiger partial charge in [0.15, 0.2) is 0 Å².